The Morgan fingerprint density at radius 2 is 1.76 bits per heavy atom. The van der Waals surface area contributed by atoms with Crippen molar-refractivity contribution >= 4 is 0 Å². The Morgan fingerprint density at radius 1 is 1.10 bits per heavy atom. The lowest BCUT2D eigenvalue weighted by Gasteiger charge is -2.27. The summed E-state index contributed by atoms with van der Waals surface area (Å²) in [6.45, 7) is 13.0. The maximum Gasteiger partial charge on any atom is 0.119 e. The van der Waals surface area contributed by atoms with Crippen LogP contribution in [-0.4, -0.2) is 25.4 Å². The average molecular weight is 293 g/mol. The summed E-state index contributed by atoms with van der Waals surface area (Å²) < 4.78 is 11.7. The molecule has 0 saturated carbocycles. The molecule has 0 spiro atoms. The molecule has 1 aromatic carbocycles. The maximum atomic E-state index is 6.05. The number of nitrogens with one attached hydrogen (secondary N) is 1. The zero-order valence-corrected chi connectivity index (χ0v) is 14.2. The van der Waals surface area contributed by atoms with E-state index < -0.39 is 0 Å². The SMILES string of the molecule is CCCOc1ccc(C(COC(C)(C)CC)NCC)cc1. The Balaban J connectivity index is 2.66. The Morgan fingerprint density at radius 3 is 2.29 bits per heavy atom. The zero-order chi connectivity index (χ0) is 15.7. The van der Waals surface area contributed by atoms with Crippen LogP contribution in [0.15, 0.2) is 24.3 Å². The van der Waals surface area contributed by atoms with Gasteiger partial charge in [-0.15, -0.1) is 0 Å². The van der Waals surface area contributed by atoms with Crippen molar-refractivity contribution in [2.45, 2.75) is 59.1 Å². The predicted octanol–water partition coefficient (Wildman–Crippen LogP) is 4.33. The first-order valence-corrected chi connectivity index (χ1v) is 8.12. The van der Waals surface area contributed by atoms with Gasteiger partial charge in [0.1, 0.15) is 5.75 Å². The Hall–Kier alpha value is -1.06. The van der Waals surface area contributed by atoms with E-state index in [1.54, 1.807) is 0 Å². The van der Waals surface area contributed by atoms with Gasteiger partial charge in [-0.2, -0.15) is 0 Å². The molecule has 0 aliphatic heterocycles. The number of likely N-dealkylation sites (N-methyl/N-ethyl adjacent to an activating group) is 1. The molecule has 21 heavy (non-hydrogen) atoms. The van der Waals surface area contributed by atoms with E-state index >= 15 is 0 Å². The van der Waals surface area contributed by atoms with Crippen molar-refractivity contribution in [2.75, 3.05) is 19.8 Å². The van der Waals surface area contributed by atoms with E-state index in [0.717, 1.165) is 31.7 Å². The summed E-state index contributed by atoms with van der Waals surface area (Å²) in [4.78, 5) is 0. The van der Waals surface area contributed by atoms with Crippen molar-refractivity contribution in [1.29, 1.82) is 0 Å². The Bertz CT molecular complexity index is 387. The van der Waals surface area contributed by atoms with Gasteiger partial charge in [0.2, 0.25) is 0 Å². The lowest BCUT2D eigenvalue weighted by Crippen LogP contribution is -2.31. The van der Waals surface area contributed by atoms with Gasteiger partial charge in [-0.25, -0.2) is 0 Å². The summed E-state index contributed by atoms with van der Waals surface area (Å²) in [6.07, 6.45) is 2.04. The lowest BCUT2D eigenvalue weighted by molar-refractivity contribution is -0.0306. The second kappa shape index (κ2) is 9.06. The normalized spacial score (nSPS) is 13.2. The monoisotopic (exact) mass is 293 g/mol. The van der Waals surface area contributed by atoms with Crippen molar-refractivity contribution in [2.24, 2.45) is 0 Å². The van der Waals surface area contributed by atoms with Crippen LogP contribution in [0.25, 0.3) is 0 Å². The predicted molar refractivity (Wildman–Crippen MR) is 89.0 cm³/mol. The van der Waals surface area contributed by atoms with Crippen LogP contribution in [0.1, 0.15) is 59.1 Å². The Kier molecular flexibility index (Phi) is 7.76. The summed E-state index contributed by atoms with van der Waals surface area (Å²) in [6, 6.07) is 8.56. The van der Waals surface area contributed by atoms with E-state index in [4.69, 9.17) is 9.47 Å². The van der Waals surface area contributed by atoms with E-state index in [2.05, 4.69) is 52.1 Å². The van der Waals surface area contributed by atoms with Crippen molar-refractivity contribution < 1.29 is 9.47 Å². The smallest absolute Gasteiger partial charge is 0.119 e. The van der Waals surface area contributed by atoms with Gasteiger partial charge in [0, 0.05) is 0 Å². The standard InChI is InChI=1S/C18H31NO2/c1-6-13-20-16-11-9-15(10-12-16)17(19-8-3)14-21-18(4,5)7-2/h9-12,17,19H,6-8,13-14H2,1-5H3. The van der Waals surface area contributed by atoms with Crippen molar-refractivity contribution in [3.63, 3.8) is 0 Å². The van der Waals surface area contributed by atoms with Crippen LogP contribution >= 0.6 is 0 Å². The van der Waals surface area contributed by atoms with Crippen molar-refractivity contribution in [3.8, 4) is 5.75 Å². The summed E-state index contributed by atoms with van der Waals surface area (Å²) in [5.74, 6) is 0.936. The highest BCUT2D eigenvalue weighted by Crippen LogP contribution is 2.21. The molecule has 3 heteroatoms. The van der Waals surface area contributed by atoms with E-state index in [-0.39, 0.29) is 11.6 Å². The van der Waals surface area contributed by atoms with Crippen LogP contribution < -0.4 is 10.1 Å². The zero-order valence-electron chi connectivity index (χ0n) is 14.2. The molecule has 0 amide bonds. The highest BCUT2D eigenvalue weighted by molar-refractivity contribution is 5.29. The van der Waals surface area contributed by atoms with Crippen LogP contribution in [0, 0.1) is 0 Å². The molecule has 0 radical (unpaired) electrons. The molecular weight excluding hydrogens is 262 g/mol. The molecule has 1 aromatic rings. The summed E-state index contributed by atoms with van der Waals surface area (Å²) in [5, 5.41) is 3.49. The number of hydrogen-bond acceptors (Lipinski definition) is 3. The van der Waals surface area contributed by atoms with E-state index in [1.165, 1.54) is 5.56 Å². The van der Waals surface area contributed by atoms with Gasteiger partial charge >= 0.3 is 0 Å². The fourth-order valence-electron chi connectivity index (χ4n) is 1.95. The first-order chi connectivity index (χ1) is 10.0. The minimum absolute atomic E-state index is 0.0716. The van der Waals surface area contributed by atoms with Crippen LogP contribution in [0.5, 0.6) is 5.75 Å². The summed E-state index contributed by atoms with van der Waals surface area (Å²) in [5.41, 5.74) is 1.17. The highest BCUT2D eigenvalue weighted by Gasteiger charge is 2.19. The molecule has 0 aliphatic rings. The molecule has 0 aliphatic carbocycles. The van der Waals surface area contributed by atoms with Gasteiger partial charge < -0.3 is 14.8 Å². The minimum atomic E-state index is -0.0716. The van der Waals surface area contributed by atoms with Gasteiger partial charge in [0.15, 0.2) is 0 Å². The van der Waals surface area contributed by atoms with Crippen LogP contribution in [-0.2, 0) is 4.74 Å². The first kappa shape index (κ1) is 18.0. The molecule has 1 unspecified atom stereocenters. The highest BCUT2D eigenvalue weighted by atomic mass is 16.5. The maximum absolute atomic E-state index is 6.05. The third-order valence-electron chi connectivity index (χ3n) is 3.70. The van der Waals surface area contributed by atoms with Crippen molar-refractivity contribution in [3.05, 3.63) is 29.8 Å². The summed E-state index contributed by atoms with van der Waals surface area (Å²) >= 11 is 0. The number of benzene rings is 1. The molecule has 1 rings (SSSR count). The van der Waals surface area contributed by atoms with Gasteiger partial charge in [-0.05, 0) is 50.9 Å². The molecule has 0 heterocycles. The fraction of sp³-hybridized carbons (Fsp3) is 0.667. The molecule has 0 aromatic heterocycles. The molecule has 0 bridgehead atoms. The van der Waals surface area contributed by atoms with Gasteiger partial charge in [-0.3, -0.25) is 0 Å². The van der Waals surface area contributed by atoms with Crippen LogP contribution in [0.2, 0.25) is 0 Å². The third-order valence-corrected chi connectivity index (χ3v) is 3.70. The first-order valence-electron chi connectivity index (χ1n) is 8.12. The quantitative estimate of drug-likeness (QED) is 0.696. The average Bonchev–Trinajstić information content (AvgIpc) is 2.50. The lowest BCUT2D eigenvalue weighted by atomic mass is 10.0. The second-order valence-corrected chi connectivity index (χ2v) is 5.95. The van der Waals surface area contributed by atoms with Gasteiger partial charge in [0.05, 0.1) is 24.9 Å². The Labute approximate surface area is 130 Å². The largest absolute Gasteiger partial charge is 0.494 e. The molecule has 0 saturated heterocycles. The molecule has 1 atom stereocenters. The molecule has 3 nitrogen and oxygen atoms in total. The molecule has 1 N–H and O–H groups in total. The third kappa shape index (κ3) is 6.49. The van der Waals surface area contributed by atoms with Crippen molar-refractivity contribution in [1.82, 2.24) is 5.32 Å². The molecule has 120 valence electrons. The van der Waals surface area contributed by atoms with E-state index in [0.29, 0.717) is 6.61 Å². The second-order valence-electron chi connectivity index (χ2n) is 5.95. The van der Waals surface area contributed by atoms with Gasteiger partial charge in [-0.1, -0.05) is 32.9 Å². The minimum Gasteiger partial charge on any atom is -0.494 e. The number of hydrogen-bond donors (Lipinski definition) is 1. The van der Waals surface area contributed by atoms with E-state index in [9.17, 15) is 0 Å². The number of ether oxygens (including phenoxy) is 2. The van der Waals surface area contributed by atoms with Crippen LogP contribution in [0.4, 0.5) is 0 Å². The van der Waals surface area contributed by atoms with E-state index in [1.807, 2.05) is 12.1 Å². The fourth-order valence-corrected chi connectivity index (χ4v) is 1.95. The molecule has 0 fully saturated rings. The topological polar surface area (TPSA) is 30.5 Å². The van der Waals surface area contributed by atoms with Crippen LogP contribution in [0.3, 0.4) is 0 Å². The molecular formula is C18H31NO2. The summed E-state index contributed by atoms with van der Waals surface area (Å²) in [7, 11) is 0. The number of rotatable bonds is 10. The van der Waals surface area contributed by atoms with Gasteiger partial charge in [0.25, 0.3) is 0 Å².